The van der Waals surface area contributed by atoms with E-state index in [9.17, 15) is 4.79 Å². The van der Waals surface area contributed by atoms with Crippen LogP contribution >= 0.6 is 0 Å². The van der Waals surface area contributed by atoms with Gasteiger partial charge in [0, 0.05) is 18.3 Å². The molecule has 2 saturated heterocycles. The Morgan fingerprint density at radius 2 is 2.17 bits per heavy atom. The van der Waals surface area contributed by atoms with Crippen molar-refractivity contribution in [1.82, 2.24) is 20.4 Å². The van der Waals surface area contributed by atoms with Crippen molar-refractivity contribution in [2.75, 3.05) is 19.6 Å². The number of H-pyrrole nitrogens is 1. The molecule has 2 aliphatic heterocycles. The van der Waals surface area contributed by atoms with Crippen LogP contribution in [0.1, 0.15) is 68.6 Å². The average Bonchev–Trinajstić information content (AvgIpc) is 3.07. The highest BCUT2D eigenvalue weighted by molar-refractivity contribution is 5.92. The summed E-state index contributed by atoms with van der Waals surface area (Å²) < 4.78 is 0. The number of aromatic amines is 1. The highest BCUT2D eigenvalue weighted by Gasteiger charge is 2.33. The minimum Gasteiger partial charge on any atom is -0.350 e. The summed E-state index contributed by atoms with van der Waals surface area (Å²) in [5, 5.41) is 10.3. The molecule has 0 radical (unpaired) electrons. The van der Waals surface area contributed by atoms with Crippen LogP contribution in [-0.2, 0) is 6.42 Å². The molecule has 3 heterocycles. The van der Waals surface area contributed by atoms with Crippen molar-refractivity contribution >= 4 is 5.91 Å². The first-order valence-corrected chi connectivity index (χ1v) is 9.70. The summed E-state index contributed by atoms with van der Waals surface area (Å²) in [7, 11) is 0. The fraction of sp³-hybridized carbons (Fsp3) is 0.789. The van der Waals surface area contributed by atoms with Gasteiger partial charge in [-0.2, -0.15) is 5.10 Å². The van der Waals surface area contributed by atoms with Crippen molar-refractivity contribution in [2.45, 2.75) is 64.8 Å². The van der Waals surface area contributed by atoms with E-state index < -0.39 is 0 Å². The van der Waals surface area contributed by atoms with Gasteiger partial charge in [-0.3, -0.25) is 9.89 Å². The van der Waals surface area contributed by atoms with Gasteiger partial charge in [0.25, 0.3) is 5.91 Å². The number of aryl methyl sites for hydroxylation is 1. The normalized spacial score (nSPS) is 24.8. The molecule has 5 nitrogen and oxygen atoms in total. The number of piperidine rings is 2. The van der Waals surface area contributed by atoms with Crippen LogP contribution in [0.5, 0.6) is 0 Å². The number of carbonyl (C=O) groups is 1. The van der Waals surface area contributed by atoms with Gasteiger partial charge in [0.05, 0.1) is 0 Å². The summed E-state index contributed by atoms with van der Waals surface area (Å²) in [6.45, 7) is 7.70. The standard InChI is InChI=1S/C19H32N4O/c1-14(2)8-9-16-12-17(22-21-16)19(24)20-13-15-6-5-11-23-10-4-3-7-18(15)23/h12,14-15,18H,3-11,13H2,1-2H3,(H,20,24)(H,21,22). The minimum atomic E-state index is -0.0324. The Hall–Kier alpha value is -1.36. The third-order valence-electron chi connectivity index (χ3n) is 5.61. The molecule has 0 bridgehead atoms. The third-order valence-corrected chi connectivity index (χ3v) is 5.61. The van der Waals surface area contributed by atoms with E-state index in [0.29, 0.717) is 23.6 Å². The quantitative estimate of drug-likeness (QED) is 0.842. The van der Waals surface area contributed by atoms with Gasteiger partial charge in [-0.05, 0) is 69.5 Å². The molecule has 5 heteroatoms. The maximum Gasteiger partial charge on any atom is 0.271 e. The molecule has 3 rings (SSSR count). The zero-order chi connectivity index (χ0) is 16.9. The van der Waals surface area contributed by atoms with Crippen molar-refractivity contribution < 1.29 is 4.79 Å². The van der Waals surface area contributed by atoms with Gasteiger partial charge in [0.2, 0.25) is 0 Å². The van der Waals surface area contributed by atoms with E-state index in [4.69, 9.17) is 0 Å². The molecule has 0 saturated carbocycles. The van der Waals surface area contributed by atoms with Gasteiger partial charge in [-0.15, -0.1) is 0 Å². The van der Waals surface area contributed by atoms with Crippen LogP contribution in [0.4, 0.5) is 0 Å². The molecule has 0 aromatic carbocycles. The Balaban J connectivity index is 1.49. The number of rotatable bonds is 6. The lowest BCUT2D eigenvalue weighted by Crippen LogP contribution is -2.51. The maximum atomic E-state index is 12.4. The zero-order valence-corrected chi connectivity index (χ0v) is 15.2. The van der Waals surface area contributed by atoms with Gasteiger partial charge in [0.15, 0.2) is 0 Å². The Labute approximate surface area is 145 Å². The molecule has 1 amide bonds. The lowest BCUT2D eigenvalue weighted by molar-refractivity contribution is 0.0575. The Bertz CT molecular complexity index is 537. The summed E-state index contributed by atoms with van der Waals surface area (Å²) in [5.41, 5.74) is 1.59. The minimum absolute atomic E-state index is 0.0324. The molecule has 0 aliphatic carbocycles. The number of nitrogens with zero attached hydrogens (tertiary/aromatic N) is 2. The van der Waals surface area contributed by atoms with Gasteiger partial charge >= 0.3 is 0 Å². The van der Waals surface area contributed by atoms with Crippen molar-refractivity contribution in [1.29, 1.82) is 0 Å². The second-order valence-corrected chi connectivity index (χ2v) is 7.92. The van der Waals surface area contributed by atoms with Crippen LogP contribution in [0.2, 0.25) is 0 Å². The van der Waals surface area contributed by atoms with E-state index in [1.807, 2.05) is 6.07 Å². The number of nitrogens with one attached hydrogen (secondary N) is 2. The Morgan fingerprint density at radius 3 is 3.00 bits per heavy atom. The summed E-state index contributed by atoms with van der Waals surface area (Å²) >= 11 is 0. The SMILES string of the molecule is CC(C)CCc1cc(C(=O)NCC2CCCN3CCCCC23)n[nH]1. The molecule has 134 valence electrons. The predicted octanol–water partition coefficient (Wildman–Crippen LogP) is 2.99. The van der Waals surface area contributed by atoms with Crippen molar-refractivity contribution in [2.24, 2.45) is 11.8 Å². The van der Waals surface area contributed by atoms with Gasteiger partial charge in [-0.1, -0.05) is 20.3 Å². The second kappa shape index (κ2) is 8.15. The predicted molar refractivity (Wildman–Crippen MR) is 96.0 cm³/mol. The largest absolute Gasteiger partial charge is 0.350 e. The zero-order valence-electron chi connectivity index (χ0n) is 15.2. The molecule has 2 aliphatic rings. The number of hydrogen-bond donors (Lipinski definition) is 2. The van der Waals surface area contributed by atoms with E-state index in [0.717, 1.165) is 25.1 Å². The van der Waals surface area contributed by atoms with E-state index in [1.165, 1.54) is 45.2 Å². The van der Waals surface area contributed by atoms with Crippen LogP contribution in [0.3, 0.4) is 0 Å². The number of hydrogen-bond acceptors (Lipinski definition) is 3. The highest BCUT2D eigenvalue weighted by atomic mass is 16.1. The van der Waals surface area contributed by atoms with Crippen LogP contribution in [0.15, 0.2) is 6.07 Å². The van der Waals surface area contributed by atoms with E-state index in [1.54, 1.807) is 0 Å². The van der Waals surface area contributed by atoms with Crippen molar-refractivity contribution in [3.05, 3.63) is 17.5 Å². The number of fused-ring (bicyclic) bond motifs is 1. The molecular formula is C19H32N4O. The average molecular weight is 332 g/mol. The molecule has 0 spiro atoms. The van der Waals surface area contributed by atoms with E-state index in [2.05, 4.69) is 34.3 Å². The summed E-state index contributed by atoms with van der Waals surface area (Å²) in [4.78, 5) is 15.0. The van der Waals surface area contributed by atoms with Crippen LogP contribution in [0, 0.1) is 11.8 Å². The summed E-state index contributed by atoms with van der Waals surface area (Å²) in [5.74, 6) is 1.23. The molecular weight excluding hydrogens is 300 g/mol. The molecule has 2 fully saturated rings. The lowest BCUT2D eigenvalue weighted by atomic mass is 9.83. The van der Waals surface area contributed by atoms with Crippen LogP contribution in [-0.4, -0.2) is 46.7 Å². The smallest absolute Gasteiger partial charge is 0.271 e. The maximum absolute atomic E-state index is 12.4. The number of aromatic nitrogens is 2. The molecule has 2 unspecified atom stereocenters. The first-order valence-electron chi connectivity index (χ1n) is 9.70. The lowest BCUT2D eigenvalue weighted by Gasteiger charge is -2.44. The van der Waals surface area contributed by atoms with E-state index >= 15 is 0 Å². The molecule has 1 aromatic rings. The molecule has 1 aromatic heterocycles. The molecule has 2 N–H and O–H groups in total. The first-order chi connectivity index (χ1) is 11.6. The monoisotopic (exact) mass is 332 g/mol. The molecule has 24 heavy (non-hydrogen) atoms. The first kappa shape index (κ1) is 17.5. The van der Waals surface area contributed by atoms with Gasteiger partial charge in [0.1, 0.15) is 5.69 Å². The number of amides is 1. The van der Waals surface area contributed by atoms with Gasteiger partial charge in [-0.25, -0.2) is 0 Å². The Morgan fingerprint density at radius 1 is 1.33 bits per heavy atom. The fourth-order valence-electron chi connectivity index (χ4n) is 4.18. The van der Waals surface area contributed by atoms with E-state index in [-0.39, 0.29) is 5.91 Å². The van der Waals surface area contributed by atoms with Crippen molar-refractivity contribution in [3.63, 3.8) is 0 Å². The number of carbonyl (C=O) groups excluding carboxylic acids is 1. The topological polar surface area (TPSA) is 61.0 Å². The second-order valence-electron chi connectivity index (χ2n) is 7.92. The third kappa shape index (κ3) is 4.38. The van der Waals surface area contributed by atoms with Crippen LogP contribution < -0.4 is 5.32 Å². The fourth-order valence-corrected chi connectivity index (χ4v) is 4.18. The molecule has 2 atom stereocenters. The van der Waals surface area contributed by atoms with Crippen molar-refractivity contribution in [3.8, 4) is 0 Å². The highest BCUT2D eigenvalue weighted by Crippen LogP contribution is 2.30. The Kier molecular flexibility index (Phi) is 5.93. The summed E-state index contributed by atoms with van der Waals surface area (Å²) in [6.07, 6.45) is 8.54. The van der Waals surface area contributed by atoms with Crippen LogP contribution in [0.25, 0.3) is 0 Å². The summed E-state index contributed by atoms with van der Waals surface area (Å²) in [6, 6.07) is 2.58. The van der Waals surface area contributed by atoms with Gasteiger partial charge < -0.3 is 10.2 Å².